The van der Waals surface area contributed by atoms with Crippen LogP contribution >= 0.6 is 15.9 Å². The molecule has 8 heteroatoms. The highest BCUT2D eigenvalue weighted by Gasteiger charge is 2.39. The molecule has 0 spiro atoms. The molecule has 1 fully saturated rings. The van der Waals surface area contributed by atoms with Crippen molar-refractivity contribution in [3.8, 4) is 0 Å². The van der Waals surface area contributed by atoms with Crippen LogP contribution in [0.5, 0.6) is 0 Å². The van der Waals surface area contributed by atoms with E-state index in [1.54, 1.807) is 6.20 Å². The number of hydrogen-bond donors (Lipinski definition) is 3. The van der Waals surface area contributed by atoms with Gasteiger partial charge in [0.2, 0.25) is 5.91 Å². The van der Waals surface area contributed by atoms with Crippen LogP contribution in [0.25, 0.3) is 10.9 Å². The molecular formula is C22H24BrN5O2. The number of nitrogens with two attached hydrogens (primary N) is 1. The number of likely N-dealkylation sites (tertiary alicyclic amines) is 1. The molecule has 1 aliphatic heterocycles. The van der Waals surface area contributed by atoms with Crippen LogP contribution in [-0.2, 0) is 16.1 Å². The number of fused-ring (bicyclic) bond motifs is 1. The van der Waals surface area contributed by atoms with Crippen molar-refractivity contribution >= 4 is 39.0 Å². The van der Waals surface area contributed by atoms with E-state index < -0.39 is 12.1 Å². The van der Waals surface area contributed by atoms with Crippen molar-refractivity contribution in [3.05, 3.63) is 64.3 Å². The molecule has 1 aliphatic rings. The van der Waals surface area contributed by atoms with Gasteiger partial charge in [-0.3, -0.25) is 14.8 Å². The number of aldehydes is 1. The zero-order valence-corrected chi connectivity index (χ0v) is 18.0. The number of hydrogen-bond acceptors (Lipinski definition) is 5. The first-order valence-electron chi connectivity index (χ1n) is 9.94. The quantitative estimate of drug-likeness (QED) is 0.439. The van der Waals surface area contributed by atoms with Crippen LogP contribution in [-0.4, -0.2) is 52.5 Å². The Labute approximate surface area is 183 Å². The summed E-state index contributed by atoms with van der Waals surface area (Å²) in [6.45, 7) is 1.63. The summed E-state index contributed by atoms with van der Waals surface area (Å²) in [7, 11) is 0. The van der Waals surface area contributed by atoms with Gasteiger partial charge in [0.25, 0.3) is 0 Å². The zero-order chi connectivity index (χ0) is 21.1. The van der Waals surface area contributed by atoms with E-state index in [4.69, 9.17) is 5.73 Å². The lowest BCUT2D eigenvalue weighted by molar-refractivity contribution is -0.124. The number of benzene rings is 2. The van der Waals surface area contributed by atoms with Gasteiger partial charge >= 0.3 is 0 Å². The Hall–Kier alpha value is -2.55. The molecule has 1 aromatic heterocycles. The highest BCUT2D eigenvalue weighted by atomic mass is 79.9. The fourth-order valence-corrected chi connectivity index (χ4v) is 4.83. The Balaban J connectivity index is 1.45. The van der Waals surface area contributed by atoms with E-state index in [-0.39, 0.29) is 11.8 Å². The Kier molecular flexibility index (Phi) is 6.26. The number of amides is 1. The summed E-state index contributed by atoms with van der Waals surface area (Å²) in [5.74, 6) is -0.202. The molecule has 7 nitrogen and oxygen atoms in total. The van der Waals surface area contributed by atoms with Gasteiger partial charge in [-0.25, -0.2) is 0 Å². The van der Waals surface area contributed by atoms with Gasteiger partial charge in [0.1, 0.15) is 6.29 Å². The van der Waals surface area contributed by atoms with Crippen LogP contribution < -0.4 is 11.1 Å². The molecule has 0 saturated carbocycles. The topological polar surface area (TPSA) is 104 Å². The van der Waals surface area contributed by atoms with Crippen LogP contribution in [0, 0.1) is 0 Å². The predicted octanol–water partition coefficient (Wildman–Crippen LogP) is 2.33. The van der Waals surface area contributed by atoms with Crippen LogP contribution in [0.2, 0.25) is 0 Å². The number of aromatic nitrogens is 2. The average Bonchev–Trinajstić information content (AvgIpc) is 3.39. The van der Waals surface area contributed by atoms with Crippen LogP contribution in [0.1, 0.15) is 23.5 Å². The number of aromatic amines is 1. The molecule has 4 N–H and O–H groups in total. The lowest BCUT2D eigenvalue weighted by Crippen LogP contribution is -2.50. The molecule has 156 valence electrons. The third kappa shape index (κ3) is 4.30. The molecule has 30 heavy (non-hydrogen) atoms. The maximum Gasteiger partial charge on any atom is 0.234 e. The molecule has 1 amide bonds. The van der Waals surface area contributed by atoms with E-state index in [1.807, 2.05) is 35.2 Å². The second-order valence-electron chi connectivity index (χ2n) is 7.69. The van der Waals surface area contributed by atoms with E-state index in [2.05, 4.69) is 43.6 Å². The molecule has 0 aliphatic carbocycles. The molecule has 4 rings (SSSR count). The molecule has 0 radical (unpaired) electrons. The monoisotopic (exact) mass is 469 g/mol. The van der Waals surface area contributed by atoms with Crippen molar-refractivity contribution in [2.24, 2.45) is 5.73 Å². The first-order chi connectivity index (χ1) is 14.6. The fourth-order valence-electron chi connectivity index (χ4n) is 4.30. The SMILES string of the molecule is NC(=O)[C@@H]1CC(c2ccccc2)CN1C(C=O)CNCc1cc(Br)cc2cn[nH]c12. The molecule has 2 unspecified atom stereocenters. The number of carbonyl (C=O) groups excluding carboxylic acids is 2. The van der Waals surface area contributed by atoms with Gasteiger partial charge in [0.05, 0.1) is 23.8 Å². The second-order valence-corrected chi connectivity index (χ2v) is 8.61. The van der Waals surface area contributed by atoms with Gasteiger partial charge in [-0.15, -0.1) is 0 Å². The minimum absolute atomic E-state index is 0.181. The Morgan fingerprint density at radius 2 is 2.17 bits per heavy atom. The summed E-state index contributed by atoms with van der Waals surface area (Å²) in [6.07, 6.45) is 3.32. The molecule has 1 saturated heterocycles. The molecule has 3 aromatic rings. The van der Waals surface area contributed by atoms with E-state index in [9.17, 15) is 9.59 Å². The van der Waals surface area contributed by atoms with Crippen molar-refractivity contribution in [1.29, 1.82) is 0 Å². The first-order valence-corrected chi connectivity index (χ1v) is 10.7. The van der Waals surface area contributed by atoms with Crippen molar-refractivity contribution in [3.63, 3.8) is 0 Å². The summed E-state index contributed by atoms with van der Waals surface area (Å²) < 4.78 is 0.971. The largest absolute Gasteiger partial charge is 0.368 e. The number of primary amides is 1. The van der Waals surface area contributed by atoms with Crippen LogP contribution in [0.4, 0.5) is 0 Å². The van der Waals surface area contributed by atoms with Crippen LogP contribution in [0.15, 0.2) is 53.1 Å². The summed E-state index contributed by atoms with van der Waals surface area (Å²) in [4.78, 5) is 25.9. The number of H-pyrrole nitrogens is 1. The third-order valence-corrected chi connectivity index (χ3v) is 6.24. The highest BCUT2D eigenvalue weighted by molar-refractivity contribution is 9.10. The maximum atomic E-state index is 12.1. The van der Waals surface area contributed by atoms with Crippen molar-refractivity contribution < 1.29 is 9.59 Å². The summed E-state index contributed by atoms with van der Waals surface area (Å²) in [5, 5.41) is 11.5. The maximum absolute atomic E-state index is 12.1. The van der Waals surface area contributed by atoms with Gasteiger partial charge in [-0.1, -0.05) is 46.3 Å². The minimum Gasteiger partial charge on any atom is -0.368 e. The average molecular weight is 470 g/mol. The predicted molar refractivity (Wildman–Crippen MR) is 119 cm³/mol. The summed E-state index contributed by atoms with van der Waals surface area (Å²) in [6, 6.07) is 13.2. The number of nitrogens with zero attached hydrogens (tertiary/aromatic N) is 2. The number of halogens is 1. The van der Waals surface area contributed by atoms with Gasteiger partial charge < -0.3 is 15.8 Å². The lowest BCUT2D eigenvalue weighted by atomic mass is 9.96. The van der Waals surface area contributed by atoms with Gasteiger partial charge in [0, 0.05) is 29.5 Å². The van der Waals surface area contributed by atoms with E-state index in [0.29, 0.717) is 26.1 Å². The van der Waals surface area contributed by atoms with E-state index in [0.717, 1.165) is 27.2 Å². The molecule has 3 atom stereocenters. The summed E-state index contributed by atoms with van der Waals surface area (Å²) in [5.41, 5.74) is 8.86. The van der Waals surface area contributed by atoms with Crippen LogP contribution in [0.3, 0.4) is 0 Å². The third-order valence-electron chi connectivity index (χ3n) is 5.79. The molecule has 2 heterocycles. The van der Waals surface area contributed by atoms with Crippen molar-refractivity contribution in [2.45, 2.75) is 31.0 Å². The van der Waals surface area contributed by atoms with E-state index >= 15 is 0 Å². The Morgan fingerprint density at radius 3 is 2.90 bits per heavy atom. The lowest BCUT2D eigenvalue weighted by Gasteiger charge is -2.28. The van der Waals surface area contributed by atoms with Crippen molar-refractivity contribution in [1.82, 2.24) is 20.4 Å². The minimum atomic E-state index is -0.447. The Bertz CT molecular complexity index is 1040. The fraction of sp³-hybridized carbons (Fsp3) is 0.318. The molecule has 0 bridgehead atoms. The first kappa shape index (κ1) is 20.7. The summed E-state index contributed by atoms with van der Waals surface area (Å²) >= 11 is 3.52. The van der Waals surface area contributed by atoms with Gasteiger partial charge in [0.15, 0.2) is 0 Å². The molecule has 2 aromatic carbocycles. The Morgan fingerprint density at radius 1 is 1.37 bits per heavy atom. The second kappa shape index (κ2) is 9.07. The number of nitrogens with one attached hydrogen (secondary N) is 2. The molecular weight excluding hydrogens is 446 g/mol. The van der Waals surface area contributed by atoms with Crippen molar-refractivity contribution in [2.75, 3.05) is 13.1 Å². The zero-order valence-electron chi connectivity index (χ0n) is 16.4. The van der Waals surface area contributed by atoms with Gasteiger partial charge in [-0.05, 0) is 35.6 Å². The van der Waals surface area contributed by atoms with Gasteiger partial charge in [-0.2, -0.15) is 5.10 Å². The number of rotatable bonds is 8. The number of carbonyl (C=O) groups is 2. The van der Waals surface area contributed by atoms with E-state index in [1.165, 1.54) is 5.56 Å². The highest BCUT2D eigenvalue weighted by Crippen LogP contribution is 2.32. The normalized spacial score (nSPS) is 20.4. The standard InChI is InChI=1S/C22H24BrN5O2/c23-18-6-15(21-16(7-18)10-26-27-21)9-25-11-19(13-29)28-12-17(8-20(28)22(24)30)14-4-2-1-3-5-14/h1-7,10,13,17,19-20,25H,8-9,11-12H2,(H2,24,30)(H,26,27)/t17?,19?,20-/m0/s1. The smallest absolute Gasteiger partial charge is 0.234 e.